The van der Waals surface area contributed by atoms with Gasteiger partial charge in [0.25, 0.3) is 5.89 Å². The Morgan fingerprint density at radius 2 is 2.00 bits per heavy atom. The van der Waals surface area contributed by atoms with Crippen LogP contribution in [-0.4, -0.2) is 14.5 Å². The highest BCUT2D eigenvalue weighted by Crippen LogP contribution is 2.32. The molecule has 0 atom stereocenters. The van der Waals surface area contributed by atoms with Gasteiger partial charge in [-0.3, -0.25) is 0 Å². The van der Waals surface area contributed by atoms with E-state index in [9.17, 15) is 0 Å². The molecule has 2 aromatic heterocycles. The Morgan fingerprint density at radius 3 is 2.68 bits per heavy atom. The number of hydrogen-bond acceptors (Lipinski definition) is 6. The van der Waals surface area contributed by atoms with Crippen LogP contribution in [0.25, 0.3) is 22.8 Å². The molecule has 0 aliphatic rings. The van der Waals surface area contributed by atoms with Gasteiger partial charge in [-0.25, -0.2) is 0 Å². The summed E-state index contributed by atoms with van der Waals surface area (Å²) in [6, 6.07) is 7.90. The predicted octanol–water partition coefficient (Wildman–Crippen LogP) is 3.06. The monoisotopic (exact) mass is 272 g/mol. The lowest BCUT2D eigenvalue weighted by molar-refractivity contribution is 0.432. The first-order chi connectivity index (χ1) is 9.16. The summed E-state index contributed by atoms with van der Waals surface area (Å²) in [4.78, 5) is 4.41. The number of nitrogens with zero attached hydrogens (tertiary/aromatic N) is 3. The van der Waals surface area contributed by atoms with Crippen LogP contribution >= 0.6 is 11.5 Å². The van der Waals surface area contributed by atoms with E-state index in [1.807, 2.05) is 38.1 Å². The van der Waals surface area contributed by atoms with E-state index in [0.29, 0.717) is 16.7 Å². The molecule has 5 nitrogen and oxygen atoms in total. The molecule has 3 rings (SSSR count). The molecule has 6 heteroatoms. The molecule has 0 saturated carbocycles. The van der Waals surface area contributed by atoms with E-state index in [-0.39, 0.29) is 0 Å². The zero-order valence-corrected chi connectivity index (χ0v) is 11.4. The molecule has 0 aliphatic carbocycles. The number of aromatic nitrogens is 3. The standard InChI is InChI=1S/C13H12N4OS/c1-7-5-3-4-6-9(7)12-15-13(18-16-12)10-8(2)17-19-11(10)14/h3-6H,14H2,1-2H3. The van der Waals surface area contributed by atoms with Crippen molar-refractivity contribution in [3.8, 4) is 22.8 Å². The highest BCUT2D eigenvalue weighted by molar-refractivity contribution is 7.10. The fraction of sp³-hybridized carbons (Fsp3) is 0.154. The van der Waals surface area contributed by atoms with Crippen LogP contribution in [-0.2, 0) is 0 Å². The van der Waals surface area contributed by atoms with Crippen molar-refractivity contribution in [2.24, 2.45) is 0 Å². The predicted molar refractivity (Wildman–Crippen MR) is 74.7 cm³/mol. The van der Waals surface area contributed by atoms with Crippen LogP contribution in [0.3, 0.4) is 0 Å². The van der Waals surface area contributed by atoms with Crippen molar-refractivity contribution in [2.45, 2.75) is 13.8 Å². The first-order valence-electron chi connectivity index (χ1n) is 5.78. The molecule has 3 aromatic rings. The fourth-order valence-electron chi connectivity index (χ4n) is 1.91. The van der Waals surface area contributed by atoms with Crippen LogP contribution in [0.15, 0.2) is 28.8 Å². The Balaban J connectivity index is 2.08. The van der Waals surface area contributed by atoms with Crippen LogP contribution in [0.5, 0.6) is 0 Å². The molecule has 0 amide bonds. The Labute approximate surface area is 114 Å². The average Bonchev–Trinajstić information content (AvgIpc) is 2.97. The summed E-state index contributed by atoms with van der Waals surface area (Å²) in [5, 5.41) is 4.62. The molecule has 19 heavy (non-hydrogen) atoms. The number of hydrogen-bond donors (Lipinski definition) is 1. The fourth-order valence-corrected chi connectivity index (χ4v) is 2.56. The number of nitrogens with two attached hydrogens (primary N) is 1. The van der Waals surface area contributed by atoms with E-state index in [0.717, 1.165) is 22.4 Å². The number of anilines is 1. The van der Waals surface area contributed by atoms with Crippen LogP contribution in [0, 0.1) is 13.8 Å². The summed E-state index contributed by atoms with van der Waals surface area (Å²) in [6.45, 7) is 3.89. The Bertz CT molecular complexity index is 712. The molecule has 96 valence electrons. The third-order valence-corrected chi connectivity index (χ3v) is 3.68. The molecule has 0 spiro atoms. The maximum Gasteiger partial charge on any atom is 0.263 e. The smallest absolute Gasteiger partial charge is 0.263 e. The van der Waals surface area contributed by atoms with Gasteiger partial charge in [-0.1, -0.05) is 29.4 Å². The highest BCUT2D eigenvalue weighted by atomic mass is 32.1. The minimum atomic E-state index is 0.419. The Kier molecular flexibility index (Phi) is 2.79. The number of benzene rings is 1. The van der Waals surface area contributed by atoms with Gasteiger partial charge >= 0.3 is 0 Å². The van der Waals surface area contributed by atoms with Crippen molar-refractivity contribution in [3.05, 3.63) is 35.5 Å². The molecular formula is C13H12N4OS. The number of nitrogen functional groups attached to an aromatic ring is 1. The molecule has 0 aliphatic heterocycles. The SMILES string of the molecule is Cc1ccccc1-c1noc(-c2c(C)nsc2N)n1. The zero-order chi connectivity index (χ0) is 13.4. The largest absolute Gasteiger partial charge is 0.389 e. The topological polar surface area (TPSA) is 77.8 Å². The summed E-state index contributed by atoms with van der Waals surface area (Å²) in [5.41, 5.74) is 9.48. The van der Waals surface area contributed by atoms with Gasteiger partial charge in [-0.05, 0) is 30.9 Å². The Hall–Kier alpha value is -2.21. The summed E-state index contributed by atoms with van der Waals surface area (Å²) < 4.78 is 9.49. The second-order valence-electron chi connectivity index (χ2n) is 4.25. The van der Waals surface area contributed by atoms with Crippen molar-refractivity contribution < 1.29 is 4.52 Å². The van der Waals surface area contributed by atoms with Gasteiger partial charge in [-0.2, -0.15) is 9.36 Å². The van der Waals surface area contributed by atoms with Crippen molar-refractivity contribution in [3.63, 3.8) is 0 Å². The minimum absolute atomic E-state index is 0.419. The molecule has 0 fully saturated rings. The molecule has 0 bridgehead atoms. The Morgan fingerprint density at radius 1 is 1.21 bits per heavy atom. The van der Waals surface area contributed by atoms with Crippen molar-refractivity contribution in [1.29, 1.82) is 0 Å². The van der Waals surface area contributed by atoms with Gasteiger partial charge in [-0.15, -0.1) is 0 Å². The average molecular weight is 272 g/mol. The summed E-state index contributed by atoms with van der Waals surface area (Å²) in [6.07, 6.45) is 0. The van der Waals surface area contributed by atoms with Crippen LogP contribution in [0.2, 0.25) is 0 Å². The van der Waals surface area contributed by atoms with Crippen molar-refractivity contribution in [2.75, 3.05) is 5.73 Å². The second-order valence-corrected chi connectivity index (χ2v) is 5.05. The summed E-state index contributed by atoms with van der Waals surface area (Å²) in [5.74, 6) is 0.986. The van der Waals surface area contributed by atoms with Crippen LogP contribution in [0.1, 0.15) is 11.3 Å². The van der Waals surface area contributed by atoms with E-state index in [1.54, 1.807) is 0 Å². The third-order valence-electron chi connectivity index (χ3n) is 2.91. The van der Waals surface area contributed by atoms with Crippen molar-refractivity contribution in [1.82, 2.24) is 14.5 Å². The normalized spacial score (nSPS) is 10.8. The van der Waals surface area contributed by atoms with Gasteiger partial charge in [0.2, 0.25) is 5.82 Å². The minimum Gasteiger partial charge on any atom is -0.389 e. The lowest BCUT2D eigenvalue weighted by atomic mass is 10.1. The quantitative estimate of drug-likeness (QED) is 0.775. The zero-order valence-electron chi connectivity index (χ0n) is 10.5. The highest BCUT2D eigenvalue weighted by Gasteiger charge is 2.18. The van der Waals surface area contributed by atoms with Gasteiger partial charge in [0.15, 0.2) is 0 Å². The van der Waals surface area contributed by atoms with Gasteiger partial charge in [0.05, 0.1) is 11.3 Å². The molecule has 1 aromatic carbocycles. The molecule has 2 N–H and O–H groups in total. The number of rotatable bonds is 2. The van der Waals surface area contributed by atoms with E-state index in [4.69, 9.17) is 10.3 Å². The first kappa shape index (κ1) is 11.9. The molecule has 2 heterocycles. The molecule has 0 unspecified atom stereocenters. The van der Waals surface area contributed by atoms with Gasteiger partial charge in [0.1, 0.15) is 5.00 Å². The van der Waals surface area contributed by atoms with Gasteiger partial charge in [0, 0.05) is 5.56 Å². The molecule has 0 radical (unpaired) electrons. The summed E-state index contributed by atoms with van der Waals surface area (Å²) >= 11 is 1.23. The maximum absolute atomic E-state index is 5.88. The van der Waals surface area contributed by atoms with Crippen LogP contribution in [0.4, 0.5) is 5.00 Å². The van der Waals surface area contributed by atoms with E-state index in [1.165, 1.54) is 11.5 Å². The van der Waals surface area contributed by atoms with E-state index >= 15 is 0 Å². The van der Waals surface area contributed by atoms with Gasteiger partial charge < -0.3 is 10.3 Å². The van der Waals surface area contributed by atoms with Crippen LogP contribution < -0.4 is 5.73 Å². The van der Waals surface area contributed by atoms with E-state index in [2.05, 4.69) is 14.5 Å². The lowest BCUT2D eigenvalue weighted by Crippen LogP contribution is -1.87. The summed E-state index contributed by atoms with van der Waals surface area (Å²) in [7, 11) is 0. The first-order valence-corrected chi connectivity index (χ1v) is 6.56. The maximum atomic E-state index is 5.88. The lowest BCUT2D eigenvalue weighted by Gasteiger charge is -1.98. The molecule has 0 saturated heterocycles. The number of aryl methyl sites for hydroxylation is 2. The third kappa shape index (κ3) is 2.00. The van der Waals surface area contributed by atoms with E-state index < -0.39 is 0 Å². The second kappa shape index (κ2) is 4.47. The molecular weight excluding hydrogens is 260 g/mol. The van der Waals surface area contributed by atoms with Crippen molar-refractivity contribution >= 4 is 16.5 Å².